The van der Waals surface area contributed by atoms with Crippen LogP contribution in [0.4, 0.5) is 26.4 Å². The number of halogens is 2. The molecular weight excluding hydrogens is 554 g/mol. The van der Waals surface area contributed by atoms with Crippen molar-refractivity contribution in [3.8, 4) is 0 Å². The lowest BCUT2D eigenvalue weighted by Crippen LogP contribution is -2.45. The predicted molar refractivity (Wildman–Crippen MR) is 162 cm³/mol. The van der Waals surface area contributed by atoms with Crippen molar-refractivity contribution in [1.29, 1.82) is 0 Å². The van der Waals surface area contributed by atoms with E-state index in [1.807, 2.05) is 4.57 Å². The van der Waals surface area contributed by atoms with E-state index in [0.717, 1.165) is 64.5 Å². The number of aliphatic hydroxyl groups excluding tert-OH is 1. The largest absolute Gasteiger partial charge is 0.396 e. The number of nitrogens with two attached hydrogens (primary N) is 1. The summed E-state index contributed by atoms with van der Waals surface area (Å²) >= 11 is 0. The Hall–Kier alpha value is -2.93. The highest BCUT2D eigenvalue weighted by Crippen LogP contribution is 2.38. The molecule has 10 nitrogen and oxygen atoms in total. The first kappa shape index (κ1) is 30.1. The standard InChI is InChI=1S/C31H44F2N8O2/c32-25-5-4-6-26(33)28(25)37-31-36-27-19-35-30(38-29(27)40(31)22-9-7-21(20-42)8-10-22)41(34)23-11-13-24(14-12-23)43-18-17-39-15-2-1-3-16-39/h4-6,19,21-24,42H,1-3,7-18,20,34H2,(H,36,37)/t21-,22+,23-,24-. The molecule has 3 heterocycles. The van der Waals surface area contributed by atoms with Gasteiger partial charge in [0.25, 0.3) is 0 Å². The molecule has 12 heteroatoms. The first-order chi connectivity index (χ1) is 21.0. The summed E-state index contributed by atoms with van der Waals surface area (Å²) in [5.41, 5.74) is 0.833. The van der Waals surface area contributed by atoms with E-state index in [9.17, 15) is 13.9 Å². The van der Waals surface area contributed by atoms with Crippen molar-refractivity contribution in [2.75, 3.05) is 43.2 Å². The number of nitrogens with zero attached hydrogens (tertiary/aromatic N) is 6. The number of hydrogen-bond donors (Lipinski definition) is 3. The number of ether oxygens (including phenoxy) is 1. The summed E-state index contributed by atoms with van der Waals surface area (Å²) in [6.07, 6.45) is 12.7. The van der Waals surface area contributed by atoms with Crippen molar-refractivity contribution < 1.29 is 18.6 Å². The van der Waals surface area contributed by atoms with Crippen molar-refractivity contribution in [2.45, 2.75) is 88.8 Å². The van der Waals surface area contributed by atoms with Gasteiger partial charge >= 0.3 is 0 Å². The number of benzene rings is 1. The maximum Gasteiger partial charge on any atom is 0.242 e. The molecule has 0 unspecified atom stereocenters. The van der Waals surface area contributed by atoms with Crippen LogP contribution in [0.5, 0.6) is 0 Å². The Kier molecular flexibility index (Phi) is 9.66. The van der Waals surface area contributed by atoms with E-state index in [4.69, 9.17) is 15.6 Å². The number of aliphatic hydroxyl groups is 1. The normalized spacial score (nSPS) is 25.2. The number of fused-ring (bicyclic) bond motifs is 1. The number of hydrogen-bond acceptors (Lipinski definition) is 9. The van der Waals surface area contributed by atoms with Gasteiger partial charge in [0, 0.05) is 25.2 Å². The minimum Gasteiger partial charge on any atom is -0.396 e. The van der Waals surface area contributed by atoms with Crippen LogP contribution in [0, 0.1) is 17.6 Å². The van der Waals surface area contributed by atoms with Crippen molar-refractivity contribution in [2.24, 2.45) is 11.8 Å². The molecule has 0 radical (unpaired) electrons. The lowest BCUT2D eigenvalue weighted by atomic mass is 9.86. The van der Waals surface area contributed by atoms with Gasteiger partial charge in [-0.2, -0.15) is 4.98 Å². The molecule has 4 N–H and O–H groups in total. The highest BCUT2D eigenvalue weighted by Gasteiger charge is 2.30. The number of para-hydroxylation sites is 1. The molecule has 43 heavy (non-hydrogen) atoms. The first-order valence-corrected chi connectivity index (χ1v) is 15.9. The molecule has 1 saturated heterocycles. The number of anilines is 3. The highest BCUT2D eigenvalue weighted by atomic mass is 19.1. The first-order valence-electron chi connectivity index (χ1n) is 15.9. The Balaban J connectivity index is 1.17. The minimum atomic E-state index is -0.700. The van der Waals surface area contributed by atoms with E-state index in [1.165, 1.54) is 50.6 Å². The summed E-state index contributed by atoms with van der Waals surface area (Å²) in [6.45, 7) is 4.31. The average molecular weight is 599 g/mol. The Morgan fingerprint density at radius 1 is 0.977 bits per heavy atom. The predicted octanol–water partition coefficient (Wildman–Crippen LogP) is 5.07. The van der Waals surface area contributed by atoms with Crippen LogP contribution < -0.4 is 16.2 Å². The Morgan fingerprint density at radius 3 is 2.40 bits per heavy atom. The zero-order valence-electron chi connectivity index (χ0n) is 24.8. The van der Waals surface area contributed by atoms with Gasteiger partial charge < -0.3 is 20.1 Å². The smallest absolute Gasteiger partial charge is 0.242 e. The van der Waals surface area contributed by atoms with Gasteiger partial charge in [-0.25, -0.2) is 24.6 Å². The number of likely N-dealkylation sites (tertiary alicyclic amines) is 1. The maximum atomic E-state index is 14.6. The van der Waals surface area contributed by atoms with Gasteiger partial charge in [0.2, 0.25) is 11.9 Å². The number of nitrogens with one attached hydrogen (secondary N) is 1. The fourth-order valence-corrected chi connectivity index (χ4v) is 6.94. The highest BCUT2D eigenvalue weighted by molar-refractivity contribution is 5.77. The summed E-state index contributed by atoms with van der Waals surface area (Å²) in [5.74, 6) is 6.18. The molecule has 2 aliphatic carbocycles. The molecule has 234 valence electrons. The van der Waals surface area contributed by atoms with Crippen LogP contribution in [0.1, 0.15) is 76.7 Å². The second-order valence-electron chi connectivity index (χ2n) is 12.4. The van der Waals surface area contributed by atoms with Gasteiger partial charge in [-0.15, -0.1) is 0 Å². The van der Waals surface area contributed by atoms with Gasteiger partial charge in [0.15, 0.2) is 5.65 Å². The van der Waals surface area contributed by atoms with Gasteiger partial charge in [-0.05, 0) is 95.3 Å². The maximum absolute atomic E-state index is 14.6. The van der Waals surface area contributed by atoms with Crippen LogP contribution in [0.2, 0.25) is 0 Å². The van der Waals surface area contributed by atoms with Gasteiger partial charge in [0.1, 0.15) is 22.8 Å². The van der Waals surface area contributed by atoms with Crippen molar-refractivity contribution in [1.82, 2.24) is 24.4 Å². The van der Waals surface area contributed by atoms with Crippen LogP contribution in [-0.2, 0) is 4.74 Å². The van der Waals surface area contributed by atoms with Gasteiger partial charge in [-0.3, -0.25) is 9.58 Å². The van der Waals surface area contributed by atoms with Crippen molar-refractivity contribution in [3.63, 3.8) is 0 Å². The summed E-state index contributed by atoms with van der Waals surface area (Å²) in [5, 5.41) is 14.2. The van der Waals surface area contributed by atoms with Gasteiger partial charge in [-0.1, -0.05) is 12.5 Å². The van der Waals surface area contributed by atoms with E-state index in [0.29, 0.717) is 23.1 Å². The fraction of sp³-hybridized carbons (Fsp3) is 0.645. The average Bonchev–Trinajstić information content (AvgIpc) is 3.40. The van der Waals surface area contributed by atoms with Crippen molar-refractivity contribution >= 4 is 28.7 Å². The summed E-state index contributed by atoms with van der Waals surface area (Å²) in [7, 11) is 0. The van der Waals surface area contributed by atoms with E-state index in [1.54, 1.807) is 11.2 Å². The summed E-state index contributed by atoms with van der Waals surface area (Å²) in [6, 6.07) is 3.84. The topological polar surface area (TPSA) is 118 Å². The third-order valence-electron chi connectivity index (χ3n) is 9.54. The zero-order valence-corrected chi connectivity index (χ0v) is 24.8. The summed E-state index contributed by atoms with van der Waals surface area (Å²) in [4.78, 5) is 16.6. The molecule has 3 fully saturated rings. The zero-order chi connectivity index (χ0) is 29.8. The van der Waals surface area contributed by atoms with E-state index in [2.05, 4.69) is 20.2 Å². The molecule has 0 bridgehead atoms. The quantitative estimate of drug-likeness (QED) is 0.217. The molecule has 0 atom stereocenters. The third kappa shape index (κ3) is 6.92. The van der Waals surface area contributed by atoms with Gasteiger partial charge in [0.05, 0.1) is 18.9 Å². The van der Waals surface area contributed by atoms with E-state index in [-0.39, 0.29) is 36.4 Å². The molecule has 2 saturated carbocycles. The lowest BCUT2D eigenvalue weighted by molar-refractivity contribution is 0.0108. The number of piperidine rings is 1. The molecule has 0 spiro atoms. The number of aromatic nitrogens is 4. The monoisotopic (exact) mass is 598 g/mol. The number of imidazole rings is 1. The second kappa shape index (κ2) is 13.8. The van der Waals surface area contributed by atoms with Crippen LogP contribution in [0.3, 0.4) is 0 Å². The van der Waals surface area contributed by atoms with E-state index < -0.39 is 11.6 Å². The van der Waals surface area contributed by atoms with Crippen LogP contribution >= 0.6 is 0 Å². The molecule has 6 rings (SSSR count). The SMILES string of the molecule is NN(c1ncc2nc(Nc3c(F)cccc3F)n([C@H]3CC[C@@H](CO)CC3)c2n1)[C@H]1CC[C@H](OCCN2CCCCC2)CC1. The van der Waals surface area contributed by atoms with Crippen LogP contribution in [0.25, 0.3) is 11.2 Å². The molecule has 3 aliphatic rings. The molecule has 1 aliphatic heterocycles. The van der Waals surface area contributed by atoms with E-state index >= 15 is 0 Å². The number of hydrazine groups is 1. The fourth-order valence-electron chi connectivity index (χ4n) is 6.94. The Morgan fingerprint density at radius 2 is 1.70 bits per heavy atom. The van der Waals surface area contributed by atoms with Crippen molar-refractivity contribution in [3.05, 3.63) is 36.0 Å². The Labute approximate surface area is 251 Å². The second-order valence-corrected chi connectivity index (χ2v) is 12.4. The Bertz CT molecular complexity index is 1330. The lowest BCUT2D eigenvalue weighted by Gasteiger charge is -2.34. The molecule has 1 aromatic carbocycles. The molecular formula is C31H44F2N8O2. The molecule has 2 aromatic heterocycles. The summed E-state index contributed by atoms with van der Waals surface area (Å²) < 4.78 is 37.3. The molecule has 3 aromatic rings. The minimum absolute atomic E-state index is 0.00312. The number of rotatable bonds is 10. The van der Waals surface area contributed by atoms with Crippen LogP contribution in [0.15, 0.2) is 24.4 Å². The van der Waals surface area contributed by atoms with Crippen LogP contribution in [-0.4, -0.2) is 74.5 Å². The third-order valence-corrected chi connectivity index (χ3v) is 9.54. The molecule has 0 amide bonds.